The summed E-state index contributed by atoms with van der Waals surface area (Å²) in [6, 6.07) is 14.1. The van der Waals surface area contributed by atoms with Gasteiger partial charge in [0.25, 0.3) is 0 Å². The SMILES string of the molecule is NCc1cccc(Nc2ccc(F)cc2)c1. The Balaban J connectivity index is 2.16. The first-order valence-electron chi connectivity index (χ1n) is 5.09. The van der Waals surface area contributed by atoms with E-state index in [9.17, 15) is 4.39 Å². The molecule has 0 spiro atoms. The van der Waals surface area contributed by atoms with Crippen molar-refractivity contribution >= 4 is 11.4 Å². The third-order valence-corrected chi connectivity index (χ3v) is 2.30. The van der Waals surface area contributed by atoms with Crippen LogP contribution < -0.4 is 11.1 Å². The zero-order chi connectivity index (χ0) is 11.4. The maximum atomic E-state index is 12.7. The van der Waals surface area contributed by atoms with Gasteiger partial charge < -0.3 is 11.1 Å². The molecule has 82 valence electrons. The molecule has 0 amide bonds. The van der Waals surface area contributed by atoms with Gasteiger partial charge in [-0.15, -0.1) is 0 Å². The monoisotopic (exact) mass is 216 g/mol. The summed E-state index contributed by atoms with van der Waals surface area (Å²) < 4.78 is 12.7. The summed E-state index contributed by atoms with van der Waals surface area (Å²) in [5, 5.41) is 3.18. The molecule has 0 fully saturated rings. The summed E-state index contributed by atoms with van der Waals surface area (Å²) in [6.45, 7) is 0.513. The van der Waals surface area contributed by atoms with Crippen LogP contribution in [-0.2, 0) is 6.54 Å². The largest absolute Gasteiger partial charge is 0.356 e. The summed E-state index contributed by atoms with van der Waals surface area (Å²) in [5.74, 6) is -0.235. The first kappa shape index (κ1) is 10.6. The summed E-state index contributed by atoms with van der Waals surface area (Å²) in [4.78, 5) is 0. The third kappa shape index (κ3) is 2.58. The molecule has 2 aromatic carbocycles. The molecule has 0 aliphatic carbocycles. The fourth-order valence-corrected chi connectivity index (χ4v) is 1.48. The van der Waals surface area contributed by atoms with E-state index < -0.39 is 0 Å². The van der Waals surface area contributed by atoms with Crippen molar-refractivity contribution in [3.8, 4) is 0 Å². The Bertz CT molecular complexity index is 466. The van der Waals surface area contributed by atoms with E-state index >= 15 is 0 Å². The Kier molecular flexibility index (Phi) is 3.17. The van der Waals surface area contributed by atoms with Gasteiger partial charge in [0.1, 0.15) is 5.82 Å². The molecule has 0 aliphatic rings. The Morgan fingerprint density at radius 2 is 1.75 bits per heavy atom. The highest BCUT2D eigenvalue weighted by Crippen LogP contribution is 2.17. The lowest BCUT2D eigenvalue weighted by molar-refractivity contribution is 0.628. The second-order valence-corrected chi connectivity index (χ2v) is 3.54. The van der Waals surface area contributed by atoms with Gasteiger partial charge in [0.15, 0.2) is 0 Å². The zero-order valence-corrected chi connectivity index (χ0v) is 8.78. The Hall–Kier alpha value is -1.87. The summed E-state index contributed by atoms with van der Waals surface area (Å²) >= 11 is 0. The molecule has 2 rings (SSSR count). The number of nitrogens with two attached hydrogens (primary N) is 1. The summed E-state index contributed by atoms with van der Waals surface area (Å²) in [5.41, 5.74) is 8.43. The highest BCUT2D eigenvalue weighted by Gasteiger charge is 1.96. The van der Waals surface area contributed by atoms with Crippen molar-refractivity contribution in [1.82, 2.24) is 0 Å². The number of halogens is 1. The topological polar surface area (TPSA) is 38.0 Å². The van der Waals surface area contributed by atoms with Crippen molar-refractivity contribution in [2.45, 2.75) is 6.54 Å². The first-order chi connectivity index (χ1) is 7.78. The average molecular weight is 216 g/mol. The van der Waals surface area contributed by atoms with E-state index in [0.717, 1.165) is 16.9 Å². The van der Waals surface area contributed by atoms with Crippen LogP contribution in [0.15, 0.2) is 48.5 Å². The van der Waals surface area contributed by atoms with E-state index in [-0.39, 0.29) is 5.82 Å². The van der Waals surface area contributed by atoms with E-state index in [2.05, 4.69) is 5.32 Å². The molecule has 0 aromatic heterocycles. The molecule has 3 N–H and O–H groups in total. The van der Waals surface area contributed by atoms with Gasteiger partial charge >= 0.3 is 0 Å². The van der Waals surface area contributed by atoms with Crippen LogP contribution in [0.5, 0.6) is 0 Å². The van der Waals surface area contributed by atoms with Crippen LogP contribution in [0.25, 0.3) is 0 Å². The number of hydrogen-bond donors (Lipinski definition) is 2. The molecule has 0 atom stereocenters. The molecule has 16 heavy (non-hydrogen) atoms. The van der Waals surface area contributed by atoms with E-state index in [1.165, 1.54) is 12.1 Å². The molecule has 3 heteroatoms. The summed E-state index contributed by atoms with van der Waals surface area (Å²) in [7, 11) is 0. The third-order valence-electron chi connectivity index (χ3n) is 2.30. The normalized spacial score (nSPS) is 10.1. The maximum Gasteiger partial charge on any atom is 0.123 e. The lowest BCUT2D eigenvalue weighted by Crippen LogP contribution is -1.97. The van der Waals surface area contributed by atoms with Crippen LogP contribution in [-0.4, -0.2) is 0 Å². The molecule has 0 bridgehead atoms. The van der Waals surface area contributed by atoms with Crippen molar-refractivity contribution in [3.05, 3.63) is 59.9 Å². The number of rotatable bonds is 3. The molecule has 0 heterocycles. The van der Waals surface area contributed by atoms with Crippen LogP contribution in [0.2, 0.25) is 0 Å². The fraction of sp³-hybridized carbons (Fsp3) is 0.0769. The summed E-state index contributed by atoms with van der Waals surface area (Å²) in [6.07, 6.45) is 0. The minimum Gasteiger partial charge on any atom is -0.356 e. The van der Waals surface area contributed by atoms with Crippen LogP contribution in [0.4, 0.5) is 15.8 Å². The molecule has 0 aliphatic heterocycles. The second kappa shape index (κ2) is 4.77. The van der Waals surface area contributed by atoms with E-state index in [4.69, 9.17) is 5.73 Å². The Morgan fingerprint density at radius 3 is 2.44 bits per heavy atom. The molecule has 0 saturated heterocycles. The van der Waals surface area contributed by atoms with Gasteiger partial charge in [-0.1, -0.05) is 12.1 Å². The predicted octanol–water partition coefficient (Wildman–Crippen LogP) is 3.03. The van der Waals surface area contributed by atoms with E-state index in [1.807, 2.05) is 24.3 Å². The van der Waals surface area contributed by atoms with Gasteiger partial charge in [-0.2, -0.15) is 0 Å². The number of nitrogens with one attached hydrogen (secondary N) is 1. The zero-order valence-electron chi connectivity index (χ0n) is 8.78. The van der Waals surface area contributed by atoms with Crippen molar-refractivity contribution in [2.75, 3.05) is 5.32 Å². The molecule has 2 nitrogen and oxygen atoms in total. The van der Waals surface area contributed by atoms with Gasteiger partial charge in [0.2, 0.25) is 0 Å². The molecule has 0 unspecified atom stereocenters. The predicted molar refractivity (Wildman–Crippen MR) is 64.0 cm³/mol. The highest BCUT2D eigenvalue weighted by atomic mass is 19.1. The van der Waals surface area contributed by atoms with Crippen LogP contribution >= 0.6 is 0 Å². The highest BCUT2D eigenvalue weighted by molar-refractivity contribution is 5.60. The van der Waals surface area contributed by atoms with Gasteiger partial charge in [-0.25, -0.2) is 4.39 Å². The van der Waals surface area contributed by atoms with E-state index in [0.29, 0.717) is 6.54 Å². The van der Waals surface area contributed by atoms with Crippen molar-refractivity contribution in [1.29, 1.82) is 0 Å². The van der Waals surface area contributed by atoms with Gasteiger partial charge in [0.05, 0.1) is 0 Å². The second-order valence-electron chi connectivity index (χ2n) is 3.54. The molecular weight excluding hydrogens is 203 g/mol. The Labute approximate surface area is 93.9 Å². The van der Waals surface area contributed by atoms with Crippen molar-refractivity contribution < 1.29 is 4.39 Å². The fourth-order valence-electron chi connectivity index (χ4n) is 1.48. The average Bonchev–Trinajstić information content (AvgIpc) is 2.32. The Morgan fingerprint density at radius 1 is 1.00 bits per heavy atom. The smallest absolute Gasteiger partial charge is 0.123 e. The van der Waals surface area contributed by atoms with Crippen LogP contribution in [0.3, 0.4) is 0 Å². The number of benzene rings is 2. The van der Waals surface area contributed by atoms with Crippen LogP contribution in [0, 0.1) is 5.82 Å². The van der Waals surface area contributed by atoms with Crippen molar-refractivity contribution in [3.63, 3.8) is 0 Å². The molecule has 2 aromatic rings. The maximum absolute atomic E-state index is 12.7. The van der Waals surface area contributed by atoms with Gasteiger partial charge in [-0.3, -0.25) is 0 Å². The molecule has 0 saturated carbocycles. The number of anilines is 2. The van der Waals surface area contributed by atoms with E-state index in [1.54, 1.807) is 12.1 Å². The minimum absolute atomic E-state index is 0.235. The van der Waals surface area contributed by atoms with Crippen LogP contribution in [0.1, 0.15) is 5.56 Å². The van der Waals surface area contributed by atoms with Gasteiger partial charge in [0, 0.05) is 17.9 Å². The standard InChI is InChI=1S/C13H13FN2/c14-11-4-6-12(7-5-11)16-13-3-1-2-10(8-13)9-15/h1-8,16H,9,15H2. The lowest BCUT2D eigenvalue weighted by Gasteiger charge is -2.07. The minimum atomic E-state index is -0.235. The van der Waals surface area contributed by atoms with Crippen molar-refractivity contribution in [2.24, 2.45) is 5.73 Å². The quantitative estimate of drug-likeness (QED) is 0.827. The molecular formula is C13H13FN2. The van der Waals surface area contributed by atoms with Gasteiger partial charge in [-0.05, 0) is 42.0 Å². The lowest BCUT2D eigenvalue weighted by atomic mass is 10.2. The number of hydrogen-bond acceptors (Lipinski definition) is 2. The molecule has 0 radical (unpaired) electrons. The first-order valence-corrected chi connectivity index (χ1v) is 5.09.